The summed E-state index contributed by atoms with van der Waals surface area (Å²) in [5.74, 6) is 1.11. The molecule has 0 spiro atoms. The smallest absolute Gasteiger partial charge is 0.267 e. The monoisotopic (exact) mass is 346 g/mol. The van der Waals surface area contributed by atoms with Crippen molar-refractivity contribution in [3.8, 4) is 0 Å². The predicted octanol–water partition coefficient (Wildman–Crippen LogP) is 1.23. The number of halogens is 1. The van der Waals surface area contributed by atoms with E-state index in [4.69, 9.17) is 4.52 Å². The fourth-order valence-corrected chi connectivity index (χ4v) is 1.83. The van der Waals surface area contributed by atoms with Gasteiger partial charge in [0.25, 0.3) is 5.56 Å². The molecule has 0 saturated heterocycles. The summed E-state index contributed by atoms with van der Waals surface area (Å²) >= 11 is 1.95. The maximum atomic E-state index is 11.7. The van der Waals surface area contributed by atoms with Crippen LogP contribution in [0.5, 0.6) is 0 Å². The molecule has 0 N–H and O–H groups in total. The van der Waals surface area contributed by atoms with E-state index in [0.29, 0.717) is 15.3 Å². The Balaban J connectivity index is 2.19. The Hall–Kier alpha value is -1.25. The maximum absolute atomic E-state index is 11.7. The summed E-state index contributed by atoms with van der Waals surface area (Å²) in [5, 5.41) is 3.82. The number of aryl methyl sites for hydroxylation is 1. The summed E-state index contributed by atoms with van der Waals surface area (Å²) in [5.41, 5.74) is -0.0950. The Morgan fingerprint density at radius 1 is 1.53 bits per heavy atom. The summed E-state index contributed by atoms with van der Waals surface area (Å²) in [6.07, 6.45) is 4.71. The summed E-state index contributed by atoms with van der Waals surface area (Å²) in [4.78, 5) is 19.9. The molecular formula is C10H11IN4O2. The minimum atomic E-state index is -0.0950. The van der Waals surface area contributed by atoms with Crippen LogP contribution in [0.4, 0.5) is 0 Å². The van der Waals surface area contributed by atoms with Crippen molar-refractivity contribution in [1.82, 2.24) is 19.7 Å². The second kappa shape index (κ2) is 5.39. The van der Waals surface area contributed by atoms with E-state index in [2.05, 4.69) is 15.1 Å². The van der Waals surface area contributed by atoms with E-state index in [1.807, 2.05) is 29.5 Å². The highest BCUT2D eigenvalue weighted by Crippen LogP contribution is 2.02. The molecule has 0 saturated carbocycles. The van der Waals surface area contributed by atoms with Crippen LogP contribution >= 0.6 is 22.6 Å². The van der Waals surface area contributed by atoms with Crippen molar-refractivity contribution < 1.29 is 4.52 Å². The first-order valence-electron chi connectivity index (χ1n) is 5.22. The number of hydrogen-bond acceptors (Lipinski definition) is 5. The molecule has 0 aliphatic rings. The van der Waals surface area contributed by atoms with Gasteiger partial charge in [0, 0.05) is 12.6 Å². The molecule has 0 radical (unpaired) electrons. The van der Waals surface area contributed by atoms with Crippen LogP contribution in [-0.2, 0) is 13.0 Å². The fourth-order valence-electron chi connectivity index (χ4n) is 1.36. The SMILES string of the molecule is CCCc1nc(Cn2cncc(I)c2=O)no1. The Kier molecular flexibility index (Phi) is 3.87. The van der Waals surface area contributed by atoms with Crippen molar-refractivity contribution in [2.75, 3.05) is 0 Å². The molecule has 0 fully saturated rings. The van der Waals surface area contributed by atoms with Crippen LogP contribution in [0.3, 0.4) is 0 Å². The first kappa shape index (κ1) is 12.2. The van der Waals surface area contributed by atoms with E-state index in [0.717, 1.165) is 12.8 Å². The zero-order valence-electron chi connectivity index (χ0n) is 9.26. The van der Waals surface area contributed by atoms with E-state index in [1.54, 1.807) is 0 Å². The third-order valence-electron chi connectivity index (χ3n) is 2.14. The molecule has 0 bridgehead atoms. The van der Waals surface area contributed by atoms with Gasteiger partial charge in [-0.15, -0.1) is 0 Å². The minimum absolute atomic E-state index is 0.0950. The van der Waals surface area contributed by atoms with Crippen molar-refractivity contribution >= 4 is 22.6 Å². The van der Waals surface area contributed by atoms with Gasteiger partial charge in [-0.3, -0.25) is 9.36 Å². The van der Waals surface area contributed by atoms with E-state index < -0.39 is 0 Å². The fraction of sp³-hybridized carbons (Fsp3) is 0.400. The molecule has 2 rings (SSSR count). The van der Waals surface area contributed by atoms with Gasteiger partial charge in [0.2, 0.25) is 5.89 Å². The van der Waals surface area contributed by atoms with Crippen LogP contribution in [0.15, 0.2) is 21.8 Å². The number of nitrogens with zero attached hydrogens (tertiary/aromatic N) is 4. The first-order valence-corrected chi connectivity index (χ1v) is 6.30. The average Bonchev–Trinajstić information content (AvgIpc) is 2.73. The molecule has 0 aliphatic carbocycles. The standard InChI is InChI=1S/C10H11IN4O2/c1-2-3-9-13-8(14-17-9)5-15-6-12-4-7(11)10(15)16/h4,6H,2-3,5H2,1H3. The van der Waals surface area contributed by atoms with Gasteiger partial charge in [0.15, 0.2) is 5.82 Å². The quantitative estimate of drug-likeness (QED) is 0.779. The highest BCUT2D eigenvalue weighted by Gasteiger charge is 2.08. The van der Waals surface area contributed by atoms with Crippen molar-refractivity contribution in [1.29, 1.82) is 0 Å². The van der Waals surface area contributed by atoms with E-state index in [9.17, 15) is 4.79 Å². The molecule has 0 atom stereocenters. The normalized spacial score (nSPS) is 10.7. The molecule has 2 aromatic heterocycles. The van der Waals surface area contributed by atoms with Crippen molar-refractivity contribution in [2.24, 2.45) is 0 Å². The van der Waals surface area contributed by atoms with Gasteiger partial charge < -0.3 is 4.52 Å². The second-order valence-electron chi connectivity index (χ2n) is 3.53. The molecule has 6 nitrogen and oxygen atoms in total. The molecule has 2 heterocycles. The highest BCUT2D eigenvalue weighted by molar-refractivity contribution is 14.1. The third-order valence-corrected chi connectivity index (χ3v) is 2.88. The summed E-state index contributed by atoms with van der Waals surface area (Å²) < 4.78 is 7.08. The molecule has 0 aliphatic heterocycles. The average molecular weight is 346 g/mol. The first-order chi connectivity index (χ1) is 8.20. The molecule has 0 aromatic carbocycles. The summed E-state index contributed by atoms with van der Waals surface area (Å²) in [6.45, 7) is 2.33. The van der Waals surface area contributed by atoms with Crippen LogP contribution in [0.2, 0.25) is 0 Å². The summed E-state index contributed by atoms with van der Waals surface area (Å²) in [7, 11) is 0. The molecule has 7 heteroatoms. The van der Waals surface area contributed by atoms with Gasteiger partial charge in [0.05, 0.1) is 16.4 Å². The molecule has 17 heavy (non-hydrogen) atoms. The van der Waals surface area contributed by atoms with Gasteiger partial charge in [-0.1, -0.05) is 12.1 Å². The number of hydrogen-bond donors (Lipinski definition) is 0. The lowest BCUT2D eigenvalue weighted by Gasteiger charge is -2.00. The zero-order chi connectivity index (χ0) is 12.3. The van der Waals surface area contributed by atoms with Crippen LogP contribution in [0, 0.1) is 3.57 Å². The minimum Gasteiger partial charge on any atom is -0.339 e. The molecule has 0 amide bonds. The van der Waals surface area contributed by atoms with Crippen LogP contribution < -0.4 is 5.56 Å². The number of aromatic nitrogens is 4. The molecule has 90 valence electrons. The summed E-state index contributed by atoms with van der Waals surface area (Å²) in [6, 6.07) is 0. The lowest BCUT2D eigenvalue weighted by molar-refractivity contribution is 0.370. The highest BCUT2D eigenvalue weighted by atomic mass is 127. The topological polar surface area (TPSA) is 73.8 Å². The van der Waals surface area contributed by atoms with Gasteiger partial charge in [-0.2, -0.15) is 4.98 Å². The lowest BCUT2D eigenvalue weighted by atomic mass is 10.3. The Bertz CT molecular complexity index is 563. The van der Waals surface area contributed by atoms with Gasteiger partial charge in [-0.25, -0.2) is 4.98 Å². The zero-order valence-corrected chi connectivity index (χ0v) is 11.4. The molecule has 0 unspecified atom stereocenters. The van der Waals surface area contributed by atoms with E-state index in [1.165, 1.54) is 17.1 Å². The van der Waals surface area contributed by atoms with Crippen LogP contribution in [0.25, 0.3) is 0 Å². The Labute approximate surface area is 111 Å². The predicted molar refractivity (Wildman–Crippen MR) is 68.6 cm³/mol. The Morgan fingerprint density at radius 3 is 3.12 bits per heavy atom. The van der Waals surface area contributed by atoms with Gasteiger partial charge >= 0.3 is 0 Å². The van der Waals surface area contributed by atoms with Gasteiger partial charge in [-0.05, 0) is 29.0 Å². The number of rotatable bonds is 4. The van der Waals surface area contributed by atoms with E-state index in [-0.39, 0.29) is 12.1 Å². The molecular weight excluding hydrogens is 335 g/mol. The lowest BCUT2D eigenvalue weighted by Crippen LogP contribution is -2.23. The largest absolute Gasteiger partial charge is 0.339 e. The maximum Gasteiger partial charge on any atom is 0.267 e. The second-order valence-corrected chi connectivity index (χ2v) is 4.69. The molecule has 2 aromatic rings. The van der Waals surface area contributed by atoms with Gasteiger partial charge in [0.1, 0.15) is 0 Å². The van der Waals surface area contributed by atoms with Crippen LogP contribution in [0.1, 0.15) is 25.1 Å². The van der Waals surface area contributed by atoms with E-state index >= 15 is 0 Å². The third kappa shape index (κ3) is 2.90. The Morgan fingerprint density at radius 2 is 2.35 bits per heavy atom. The van der Waals surface area contributed by atoms with Crippen LogP contribution in [-0.4, -0.2) is 19.7 Å². The van der Waals surface area contributed by atoms with Crippen molar-refractivity contribution in [2.45, 2.75) is 26.3 Å². The van der Waals surface area contributed by atoms with Crippen molar-refractivity contribution in [3.63, 3.8) is 0 Å². The van der Waals surface area contributed by atoms with Crippen molar-refractivity contribution in [3.05, 3.63) is 38.2 Å².